The maximum atomic E-state index is 10.8. The van der Waals surface area contributed by atoms with Gasteiger partial charge in [0, 0.05) is 36.1 Å². The fourth-order valence-corrected chi connectivity index (χ4v) is 1.68. The van der Waals surface area contributed by atoms with E-state index in [0.29, 0.717) is 5.39 Å². The summed E-state index contributed by atoms with van der Waals surface area (Å²) in [7, 11) is 0. The van der Waals surface area contributed by atoms with E-state index in [0.717, 1.165) is 17.6 Å². The molecule has 5 heteroatoms. The first-order chi connectivity index (χ1) is 7.74. The van der Waals surface area contributed by atoms with Crippen molar-refractivity contribution in [3.8, 4) is 0 Å². The highest BCUT2D eigenvalue weighted by Crippen LogP contribution is 2.30. The van der Waals surface area contributed by atoms with Crippen LogP contribution in [-0.4, -0.2) is 16.5 Å². The van der Waals surface area contributed by atoms with Gasteiger partial charge in [0.1, 0.15) is 0 Å². The Bertz CT molecular complexity index is 540. The second-order valence-electron chi connectivity index (χ2n) is 3.34. The number of aromatic nitrogens is 1. The summed E-state index contributed by atoms with van der Waals surface area (Å²) < 4.78 is 0. The number of nitrogens with zero attached hydrogens (tertiary/aromatic N) is 2. The van der Waals surface area contributed by atoms with E-state index < -0.39 is 0 Å². The predicted octanol–water partition coefficient (Wildman–Crippen LogP) is 2.57. The molecule has 0 radical (unpaired) electrons. The van der Waals surface area contributed by atoms with Crippen LogP contribution in [0.1, 0.15) is 6.92 Å². The summed E-state index contributed by atoms with van der Waals surface area (Å²) in [6, 6.07) is 4.89. The summed E-state index contributed by atoms with van der Waals surface area (Å²) in [6.07, 6.45) is 3.20. The van der Waals surface area contributed by atoms with Crippen LogP contribution in [0.25, 0.3) is 10.8 Å². The highest BCUT2D eigenvalue weighted by atomic mass is 16.6. The minimum Gasteiger partial charge on any atom is -0.385 e. The van der Waals surface area contributed by atoms with Gasteiger partial charge in [-0.1, -0.05) is 0 Å². The highest BCUT2D eigenvalue weighted by Gasteiger charge is 2.13. The molecule has 1 N–H and O–H groups in total. The molecule has 0 saturated carbocycles. The molecule has 1 heterocycles. The Morgan fingerprint density at radius 3 is 2.88 bits per heavy atom. The van der Waals surface area contributed by atoms with Crippen LogP contribution in [0.3, 0.4) is 0 Å². The number of nitro benzene ring substituents is 1. The number of nitrogens with one attached hydrogen (secondary N) is 1. The van der Waals surface area contributed by atoms with Gasteiger partial charge in [-0.15, -0.1) is 0 Å². The topological polar surface area (TPSA) is 68.1 Å². The molecule has 0 saturated heterocycles. The Kier molecular flexibility index (Phi) is 2.68. The van der Waals surface area contributed by atoms with Gasteiger partial charge in [-0.05, 0) is 19.1 Å². The van der Waals surface area contributed by atoms with E-state index in [-0.39, 0.29) is 10.6 Å². The molecular weight excluding hydrogens is 206 g/mol. The number of anilines is 1. The first-order valence-electron chi connectivity index (χ1n) is 4.99. The number of hydrogen-bond acceptors (Lipinski definition) is 4. The van der Waals surface area contributed by atoms with Crippen molar-refractivity contribution >= 4 is 22.1 Å². The van der Waals surface area contributed by atoms with E-state index in [1.807, 2.05) is 6.92 Å². The minimum atomic E-state index is -0.377. The molecule has 0 amide bonds. The lowest BCUT2D eigenvalue weighted by molar-refractivity contribution is -0.383. The van der Waals surface area contributed by atoms with Crippen molar-refractivity contribution < 1.29 is 4.92 Å². The van der Waals surface area contributed by atoms with E-state index in [2.05, 4.69) is 10.3 Å². The molecule has 1 aromatic carbocycles. The largest absolute Gasteiger partial charge is 0.385 e. The van der Waals surface area contributed by atoms with E-state index in [9.17, 15) is 10.1 Å². The van der Waals surface area contributed by atoms with Crippen molar-refractivity contribution in [3.05, 3.63) is 40.7 Å². The first-order valence-corrected chi connectivity index (χ1v) is 4.99. The number of nitro groups is 1. The molecule has 82 valence electrons. The zero-order chi connectivity index (χ0) is 11.5. The van der Waals surface area contributed by atoms with Gasteiger partial charge in [-0.2, -0.15) is 0 Å². The smallest absolute Gasteiger partial charge is 0.277 e. The molecule has 0 unspecified atom stereocenters. The van der Waals surface area contributed by atoms with Crippen molar-refractivity contribution in [1.29, 1.82) is 0 Å². The Labute approximate surface area is 92.3 Å². The predicted molar refractivity (Wildman–Crippen MR) is 62.6 cm³/mol. The van der Waals surface area contributed by atoms with Gasteiger partial charge in [0.25, 0.3) is 5.69 Å². The maximum absolute atomic E-state index is 10.8. The second-order valence-corrected chi connectivity index (χ2v) is 3.34. The van der Waals surface area contributed by atoms with Gasteiger partial charge in [0.05, 0.1) is 10.3 Å². The third-order valence-electron chi connectivity index (χ3n) is 2.36. The van der Waals surface area contributed by atoms with Gasteiger partial charge in [-0.25, -0.2) is 0 Å². The number of rotatable bonds is 3. The molecule has 2 aromatic rings. The average molecular weight is 217 g/mol. The van der Waals surface area contributed by atoms with Crippen molar-refractivity contribution in [2.45, 2.75) is 6.92 Å². The minimum absolute atomic E-state index is 0.110. The summed E-state index contributed by atoms with van der Waals surface area (Å²) in [5.41, 5.74) is 0.982. The third-order valence-corrected chi connectivity index (χ3v) is 2.36. The monoisotopic (exact) mass is 217 g/mol. The number of non-ortho nitro benzene ring substituents is 1. The van der Waals surface area contributed by atoms with Gasteiger partial charge < -0.3 is 5.32 Å². The second kappa shape index (κ2) is 4.14. The van der Waals surface area contributed by atoms with Crippen LogP contribution in [0, 0.1) is 10.1 Å². The summed E-state index contributed by atoms with van der Waals surface area (Å²) >= 11 is 0. The van der Waals surface area contributed by atoms with Crippen LogP contribution < -0.4 is 5.32 Å². The molecule has 0 aliphatic rings. The average Bonchev–Trinajstić information content (AvgIpc) is 2.29. The molecule has 0 bridgehead atoms. The number of hydrogen-bond donors (Lipinski definition) is 1. The van der Waals surface area contributed by atoms with Gasteiger partial charge in [-0.3, -0.25) is 15.1 Å². The van der Waals surface area contributed by atoms with E-state index in [4.69, 9.17) is 0 Å². The van der Waals surface area contributed by atoms with Crippen LogP contribution in [0.5, 0.6) is 0 Å². The van der Waals surface area contributed by atoms with Crippen LogP contribution in [-0.2, 0) is 0 Å². The summed E-state index contributed by atoms with van der Waals surface area (Å²) in [5.74, 6) is 0. The number of benzene rings is 1. The molecule has 0 aliphatic carbocycles. The Balaban J connectivity index is 2.71. The van der Waals surface area contributed by atoms with Crippen LogP contribution in [0.2, 0.25) is 0 Å². The van der Waals surface area contributed by atoms with Gasteiger partial charge in [0.15, 0.2) is 0 Å². The molecule has 2 rings (SSSR count). The first kappa shape index (κ1) is 10.4. The number of fused-ring (bicyclic) bond motifs is 1. The SMILES string of the molecule is CCNc1ccc([N+](=O)[O-])c2ccncc12. The summed E-state index contributed by atoms with van der Waals surface area (Å²) in [6.45, 7) is 2.74. The lowest BCUT2D eigenvalue weighted by atomic mass is 10.1. The highest BCUT2D eigenvalue weighted by molar-refractivity contribution is 5.99. The molecule has 0 atom stereocenters. The van der Waals surface area contributed by atoms with Gasteiger partial charge in [0.2, 0.25) is 0 Å². The maximum Gasteiger partial charge on any atom is 0.277 e. The lowest BCUT2D eigenvalue weighted by Crippen LogP contribution is -1.99. The van der Waals surface area contributed by atoms with E-state index in [1.165, 1.54) is 6.07 Å². The molecule has 16 heavy (non-hydrogen) atoms. The zero-order valence-corrected chi connectivity index (χ0v) is 8.80. The fraction of sp³-hybridized carbons (Fsp3) is 0.182. The fourth-order valence-electron chi connectivity index (χ4n) is 1.68. The summed E-state index contributed by atoms with van der Waals surface area (Å²) in [4.78, 5) is 14.5. The molecule has 1 aromatic heterocycles. The number of pyridine rings is 1. The van der Waals surface area contributed by atoms with Crippen molar-refractivity contribution in [2.24, 2.45) is 0 Å². The summed E-state index contributed by atoms with van der Waals surface area (Å²) in [5, 5.41) is 15.4. The Hall–Kier alpha value is -2.17. The lowest BCUT2D eigenvalue weighted by Gasteiger charge is -2.07. The Morgan fingerprint density at radius 2 is 2.19 bits per heavy atom. The normalized spacial score (nSPS) is 10.3. The van der Waals surface area contributed by atoms with Crippen molar-refractivity contribution in [1.82, 2.24) is 4.98 Å². The van der Waals surface area contributed by atoms with E-state index in [1.54, 1.807) is 24.5 Å². The molecule has 0 aliphatic heterocycles. The molecular formula is C11H11N3O2. The van der Waals surface area contributed by atoms with Crippen LogP contribution in [0.15, 0.2) is 30.6 Å². The van der Waals surface area contributed by atoms with Crippen LogP contribution in [0.4, 0.5) is 11.4 Å². The zero-order valence-electron chi connectivity index (χ0n) is 8.80. The third kappa shape index (κ3) is 1.67. The Morgan fingerprint density at radius 1 is 1.38 bits per heavy atom. The van der Waals surface area contributed by atoms with E-state index >= 15 is 0 Å². The molecule has 5 nitrogen and oxygen atoms in total. The van der Waals surface area contributed by atoms with Crippen molar-refractivity contribution in [2.75, 3.05) is 11.9 Å². The standard InChI is InChI=1S/C11H11N3O2/c1-2-13-10-3-4-11(14(15)16)8-5-6-12-7-9(8)10/h3-7,13H,2H2,1H3. The quantitative estimate of drug-likeness (QED) is 0.633. The van der Waals surface area contributed by atoms with Crippen LogP contribution >= 0.6 is 0 Å². The van der Waals surface area contributed by atoms with Crippen molar-refractivity contribution in [3.63, 3.8) is 0 Å². The molecule has 0 spiro atoms. The van der Waals surface area contributed by atoms with Gasteiger partial charge >= 0.3 is 0 Å². The molecule has 0 fully saturated rings.